The Kier molecular flexibility index (Phi) is 2.08. The van der Waals surface area contributed by atoms with Crippen LogP contribution < -0.4 is 0 Å². The standard InChI is InChI=1S/C6H9S2/c1-6-3-4-8(2)7-5-6/h3-5H,1-2H3/q+1. The van der Waals surface area contributed by atoms with Gasteiger partial charge in [0, 0.05) is 5.41 Å². The Labute approximate surface area is 56.8 Å². The van der Waals surface area contributed by atoms with Gasteiger partial charge < -0.3 is 0 Å². The van der Waals surface area contributed by atoms with E-state index >= 15 is 0 Å². The fourth-order valence-corrected chi connectivity index (χ4v) is 2.55. The minimum absolute atomic E-state index is 0.449. The Hall–Kier alpha value is 0.180. The maximum absolute atomic E-state index is 2.25. The van der Waals surface area contributed by atoms with Crippen LogP contribution in [0.2, 0.25) is 0 Å². The maximum atomic E-state index is 2.25. The van der Waals surface area contributed by atoms with Crippen LogP contribution in [0.1, 0.15) is 6.92 Å². The van der Waals surface area contributed by atoms with Crippen molar-refractivity contribution in [2.45, 2.75) is 6.92 Å². The highest BCUT2D eigenvalue weighted by Gasteiger charge is 2.09. The summed E-state index contributed by atoms with van der Waals surface area (Å²) in [6.07, 6.45) is 4.41. The highest BCUT2D eigenvalue weighted by atomic mass is 33.1. The van der Waals surface area contributed by atoms with Crippen LogP contribution >= 0.6 is 10.8 Å². The molecule has 1 atom stereocenters. The molecule has 0 saturated heterocycles. The van der Waals surface area contributed by atoms with Crippen molar-refractivity contribution in [3.05, 3.63) is 22.5 Å². The van der Waals surface area contributed by atoms with Crippen molar-refractivity contribution in [2.75, 3.05) is 6.26 Å². The van der Waals surface area contributed by atoms with Gasteiger partial charge in [-0.05, 0) is 18.6 Å². The summed E-state index contributed by atoms with van der Waals surface area (Å²) >= 11 is 0. The van der Waals surface area contributed by atoms with Gasteiger partial charge in [-0.25, -0.2) is 0 Å². The highest BCUT2D eigenvalue weighted by Crippen LogP contribution is 2.23. The van der Waals surface area contributed by atoms with E-state index < -0.39 is 0 Å². The molecular weight excluding hydrogens is 136 g/mol. The van der Waals surface area contributed by atoms with Crippen LogP contribution in [-0.2, 0) is 9.93 Å². The summed E-state index contributed by atoms with van der Waals surface area (Å²) in [6.45, 7) is 2.12. The number of hydrogen-bond donors (Lipinski definition) is 0. The lowest BCUT2D eigenvalue weighted by atomic mass is 10.4. The third kappa shape index (κ3) is 1.60. The molecular formula is C6H9S2+. The van der Waals surface area contributed by atoms with E-state index in [9.17, 15) is 0 Å². The van der Waals surface area contributed by atoms with E-state index in [2.05, 4.69) is 30.1 Å². The molecule has 0 radical (unpaired) electrons. The van der Waals surface area contributed by atoms with Crippen LogP contribution in [0.4, 0.5) is 0 Å². The van der Waals surface area contributed by atoms with Crippen LogP contribution in [0.25, 0.3) is 0 Å². The summed E-state index contributed by atoms with van der Waals surface area (Å²) < 4.78 is 0. The van der Waals surface area contributed by atoms with E-state index in [4.69, 9.17) is 0 Å². The van der Waals surface area contributed by atoms with Gasteiger partial charge in [0.2, 0.25) is 0 Å². The summed E-state index contributed by atoms with van der Waals surface area (Å²) in [4.78, 5) is 0. The summed E-state index contributed by atoms with van der Waals surface area (Å²) in [7, 11) is 2.35. The van der Waals surface area contributed by atoms with Crippen molar-refractivity contribution in [3.63, 3.8) is 0 Å². The molecule has 0 aromatic rings. The molecule has 1 heterocycles. The van der Waals surface area contributed by atoms with Gasteiger partial charge in [-0.15, -0.1) is 0 Å². The third-order valence-corrected chi connectivity index (χ3v) is 3.73. The van der Waals surface area contributed by atoms with Gasteiger partial charge >= 0.3 is 0 Å². The topological polar surface area (TPSA) is 0 Å². The molecule has 0 aliphatic carbocycles. The zero-order valence-corrected chi connectivity index (χ0v) is 6.68. The molecule has 0 saturated carbocycles. The molecule has 0 bridgehead atoms. The Morgan fingerprint density at radius 3 is 2.75 bits per heavy atom. The van der Waals surface area contributed by atoms with Crippen molar-refractivity contribution in [2.24, 2.45) is 0 Å². The quantitative estimate of drug-likeness (QED) is 0.372. The number of hydrogen-bond acceptors (Lipinski definition) is 1. The Morgan fingerprint density at radius 2 is 2.38 bits per heavy atom. The Balaban J connectivity index is 2.58. The van der Waals surface area contributed by atoms with Crippen molar-refractivity contribution in [3.8, 4) is 0 Å². The van der Waals surface area contributed by atoms with Gasteiger partial charge in [0.05, 0.1) is 9.93 Å². The lowest BCUT2D eigenvalue weighted by Crippen LogP contribution is -1.87. The second-order valence-electron chi connectivity index (χ2n) is 1.76. The van der Waals surface area contributed by atoms with Crippen LogP contribution in [0.3, 0.4) is 0 Å². The van der Waals surface area contributed by atoms with Gasteiger partial charge in [0.25, 0.3) is 0 Å². The van der Waals surface area contributed by atoms with Gasteiger partial charge in [0.15, 0.2) is 0 Å². The van der Waals surface area contributed by atoms with Gasteiger partial charge in [-0.1, -0.05) is 0 Å². The predicted molar refractivity (Wildman–Crippen MR) is 43.8 cm³/mol. The molecule has 0 aromatic carbocycles. The SMILES string of the molecule is CC1=CS[S+](C)C=C1. The molecule has 1 unspecified atom stereocenters. The van der Waals surface area contributed by atoms with Gasteiger partial charge in [-0.3, -0.25) is 0 Å². The summed E-state index contributed by atoms with van der Waals surface area (Å²) in [6, 6.07) is 0. The second kappa shape index (κ2) is 2.65. The zero-order chi connectivity index (χ0) is 5.98. The number of rotatable bonds is 0. The minimum Gasteiger partial charge on any atom is -0.0389 e. The highest BCUT2D eigenvalue weighted by molar-refractivity contribution is 8.76. The molecule has 1 rings (SSSR count). The van der Waals surface area contributed by atoms with Crippen molar-refractivity contribution < 1.29 is 0 Å². The molecule has 0 aromatic heterocycles. The normalized spacial score (nSPS) is 27.8. The minimum atomic E-state index is 0.449. The van der Waals surface area contributed by atoms with Crippen LogP contribution in [0, 0.1) is 0 Å². The molecule has 44 valence electrons. The molecule has 0 N–H and O–H groups in total. The fourth-order valence-electron chi connectivity index (χ4n) is 0.426. The summed E-state index contributed by atoms with van der Waals surface area (Å²) in [5, 5.41) is 4.46. The molecule has 0 fully saturated rings. The zero-order valence-electron chi connectivity index (χ0n) is 5.05. The fraction of sp³-hybridized carbons (Fsp3) is 0.333. The van der Waals surface area contributed by atoms with E-state index in [1.165, 1.54) is 5.57 Å². The first kappa shape index (κ1) is 6.30. The maximum Gasteiger partial charge on any atom is 0.132 e. The van der Waals surface area contributed by atoms with E-state index in [0.717, 1.165) is 0 Å². The molecule has 1 aliphatic rings. The Bertz CT molecular complexity index is 135. The van der Waals surface area contributed by atoms with Gasteiger partial charge in [-0.2, -0.15) is 0 Å². The molecule has 0 spiro atoms. The molecule has 0 nitrogen and oxygen atoms in total. The predicted octanol–water partition coefficient (Wildman–Crippen LogP) is 2.31. The van der Waals surface area contributed by atoms with Crippen molar-refractivity contribution >= 4 is 20.7 Å². The van der Waals surface area contributed by atoms with Crippen LogP contribution in [0.5, 0.6) is 0 Å². The molecule has 2 heteroatoms. The summed E-state index contributed by atoms with van der Waals surface area (Å²) in [5.41, 5.74) is 1.38. The molecule has 1 aliphatic heterocycles. The van der Waals surface area contributed by atoms with E-state index in [1.807, 2.05) is 10.8 Å². The molecule has 0 amide bonds. The first-order valence-electron chi connectivity index (χ1n) is 2.46. The van der Waals surface area contributed by atoms with Crippen LogP contribution in [-0.4, -0.2) is 6.26 Å². The van der Waals surface area contributed by atoms with E-state index in [1.54, 1.807) is 0 Å². The van der Waals surface area contributed by atoms with Crippen molar-refractivity contribution in [1.29, 1.82) is 0 Å². The first-order chi connectivity index (χ1) is 3.79. The van der Waals surface area contributed by atoms with E-state index in [0.29, 0.717) is 9.93 Å². The lowest BCUT2D eigenvalue weighted by Gasteiger charge is -1.95. The average Bonchev–Trinajstić information content (AvgIpc) is 1.77. The largest absolute Gasteiger partial charge is 0.132 e. The smallest absolute Gasteiger partial charge is 0.0389 e. The second-order valence-corrected chi connectivity index (χ2v) is 5.61. The summed E-state index contributed by atoms with van der Waals surface area (Å²) in [5.74, 6) is 0. The monoisotopic (exact) mass is 145 g/mol. The average molecular weight is 145 g/mol. The van der Waals surface area contributed by atoms with Gasteiger partial charge in [0.1, 0.15) is 22.5 Å². The van der Waals surface area contributed by atoms with E-state index in [-0.39, 0.29) is 0 Å². The van der Waals surface area contributed by atoms with Crippen LogP contribution in [0.15, 0.2) is 22.5 Å². The molecule has 8 heavy (non-hydrogen) atoms. The third-order valence-electron chi connectivity index (χ3n) is 0.908. The number of allylic oxidation sites excluding steroid dienone is 2. The van der Waals surface area contributed by atoms with Crippen molar-refractivity contribution in [1.82, 2.24) is 0 Å². The Morgan fingerprint density at radius 1 is 1.62 bits per heavy atom. The lowest BCUT2D eigenvalue weighted by molar-refractivity contribution is 1.56. The first-order valence-corrected chi connectivity index (χ1v) is 5.55.